The molecule has 1 aromatic carbocycles. The van der Waals surface area contributed by atoms with Gasteiger partial charge in [0.2, 0.25) is 5.91 Å². The first-order valence-corrected chi connectivity index (χ1v) is 9.46. The lowest BCUT2D eigenvalue weighted by atomic mass is 10.1. The predicted octanol–water partition coefficient (Wildman–Crippen LogP) is 0.772. The highest BCUT2D eigenvalue weighted by Gasteiger charge is 2.26. The number of carbonyl (C=O) groups excluding carboxylic acids is 2. The third-order valence-corrected chi connectivity index (χ3v) is 5.58. The van der Waals surface area contributed by atoms with Crippen molar-refractivity contribution >= 4 is 23.6 Å². The number of nitrogens with one attached hydrogen (secondary N) is 1. The Labute approximate surface area is 146 Å². The van der Waals surface area contributed by atoms with Crippen LogP contribution in [0.25, 0.3) is 0 Å². The summed E-state index contributed by atoms with van der Waals surface area (Å²) in [5.41, 5.74) is 0.566. The maximum Gasteiger partial charge on any atom is 0.253 e. The van der Waals surface area contributed by atoms with Gasteiger partial charge in [-0.25, -0.2) is 0 Å². The van der Waals surface area contributed by atoms with Crippen LogP contribution in [0, 0.1) is 0 Å². The van der Waals surface area contributed by atoms with Crippen molar-refractivity contribution in [1.82, 2.24) is 15.1 Å². The van der Waals surface area contributed by atoms with Crippen LogP contribution in [0.1, 0.15) is 16.8 Å². The van der Waals surface area contributed by atoms with E-state index >= 15 is 0 Å². The molecule has 7 heteroatoms. The van der Waals surface area contributed by atoms with E-state index in [2.05, 4.69) is 5.32 Å². The Morgan fingerprint density at radius 3 is 2.42 bits per heavy atom. The van der Waals surface area contributed by atoms with Crippen LogP contribution < -0.4 is 5.32 Å². The molecule has 3 rings (SSSR count). The minimum absolute atomic E-state index is 0.0487. The zero-order valence-corrected chi connectivity index (χ0v) is 14.4. The molecule has 2 heterocycles. The van der Waals surface area contributed by atoms with Crippen molar-refractivity contribution in [3.8, 4) is 5.75 Å². The van der Waals surface area contributed by atoms with Gasteiger partial charge in [-0.05, 0) is 24.3 Å². The lowest BCUT2D eigenvalue weighted by Crippen LogP contribution is -2.52. The van der Waals surface area contributed by atoms with Gasteiger partial charge in [-0.15, -0.1) is 0 Å². The second-order valence-corrected chi connectivity index (χ2v) is 7.30. The van der Waals surface area contributed by atoms with Gasteiger partial charge in [0, 0.05) is 62.3 Å². The van der Waals surface area contributed by atoms with E-state index < -0.39 is 0 Å². The molecule has 0 aliphatic carbocycles. The average Bonchev–Trinajstić information content (AvgIpc) is 2.63. The van der Waals surface area contributed by atoms with Gasteiger partial charge in [0.1, 0.15) is 5.75 Å². The van der Waals surface area contributed by atoms with Crippen LogP contribution >= 0.6 is 11.8 Å². The molecule has 2 saturated heterocycles. The fourth-order valence-corrected chi connectivity index (χ4v) is 3.99. The normalized spacial score (nSPS) is 21.6. The van der Waals surface area contributed by atoms with Crippen LogP contribution in [0.5, 0.6) is 5.75 Å². The minimum atomic E-state index is -0.0487. The molecule has 0 aromatic heterocycles. The number of amides is 2. The summed E-state index contributed by atoms with van der Waals surface area (Å²) in [6.45, 7) is 3.25. The Bertz CT molecular complexity index is 579. The van der Waals surface area contributed by atoms with E-state index in [1.807, 2.05) is 16.7 Å². The topological polar surface area (TPSA) is 72.9 Å². The minimum Gasteiger partial charge on any atom is -0.508 e. The van der Waals surface area contributed by atoms with E-state index in [1.165, 1.54) is 12.1 Å². The van der Waals surface area contributed by atoms with Crippen molar-refractivity contribution in [1.29, 1.82) is 0 Å². The van der Waals surface area contributed by atoms with Crippen molar-refractivity contribution in [3.05, 3.63) is 29.8 Å². The molecule has 0 spiro atoms. The molecule has 1 atom stereocenters. The summed E-state index contributed by atoms with van der Waals surface area (Å²) in [6, 6.07) is 6.56. The quantitative estimate of drug-likeness (QED) is 0.843. The van der Waals surface area contributed by atoms with E-state index in [0.717, 1.165) is 18.1 Å². The van der Waals surface area contributed by atoms with Crippen LogP contribution in [0.3, 0.4) is 0 Å². The summed E-state index contributed by atoms with van der Waals surface area (Å²) in [7, 11) is 0. The van der Waals surface area contributed by atoms with Gasteiger partial charge in [0.15, 0.2) is 0 Å². The lowest BCUT2D eigenvalue weighted by Gasteiger charge is -2.36. The Hall–Kier alpha value is -1.73. The number of phenolic OH excluding ortho intramolecular Hbond substituents is 1. The van der Waals surface area contributed by atoms with E-state index in [0.29, 0.717) is 38.2 Å². The number of benzene rings is 1. The second-order valence-electron chi connectivity index (χ2n) is 6.15. The highest BCUT2D eigenvalue weighted by molar-refractivity contribution is 7.99. The summed E-state index contributed by atoms with van der Waals surface area (Å²) in [5, 5.41) is 12.7. The SMILES string of the molecule is O=C(CC1CSCCN1)N1CCN(C(=O)c2ccc(O)cc2)CC1. The molecule has 2 N–H and O–H groups in total. The number of hydrogen-bond acceptors (Lipinski definition) is 5. The molecule has 1 aromatic rings. The fourth-order valence-electron chi connectivity index (χ4n) is 3.04. The van der Waals surface area contributed by atoms with Gasteiger partial charge in [0.25, 0.3) is 5.91 Å². The maximum atomic E-state index is 12.4. The molecule has 0 bridgehead atoms. The van der Waals surface area contributed by atoms with Crippen molar-refractivity contribution in [2.24, 2.45) is 0 Å². The standard InChI is InChI=1S/C17H23N3O3S/c21-15-3-1-13(2-4-15)17(23)20-8-6-19(7-9-20)16(22)11-14-12-24-10-5-18-14/h1-4,14,18,21H,5-12H2. The zero-order chi connectivity index (χ0) is 16.9. The lowest BCUT2D eigenvalue weighted by molar-refractivity contribution is -0.133. The third-order valence-electron chi connectivity index (χ3n) is 4.45. The highest BCUT2D eigenvalue weighted by atomic mass is 32.2. The van der Waals surface area contributed by atoms with Crippen LogP contribution in [0.2, 0.25) is 0 Å². The third kappa shape index (κ3) is 4.21. The molecule has 24 heavy (non-hydrogen) atoms. The summed E-state index contributed by atoms with van der Waals surface area (Å²) < 4.78 is 0. The van der Waals surface area contributed by atoms with Crippen LogP contribution in [-0.2, 0) is 4.79 Å². The molecular formula is C17H23N3O3S. The largest absolute Gasteiger partial charge is 0.508 e. The molecule has 6 nitrogen and oxygen atoms in total. The monoisotopic (exact) mass is 349 g/mol. The van der Waals surface area contributed by atoms with E-state index in [-0.39, 0.29) is 23.6 Å². The van der Waals surface area contributed by atoms with Gasteiger partial charge in [0.05, 0.1) is 0 Å². The number of hydrogen-bond donors (Lipinski definition) is 2. The number of rotatable bonds is 3. The van der Waals surface area contributed by atoms with Crippen molar-refractivity contribution < 1.29 is 14.7 Å². The van der Waals surface area contributed by atoms with Gasteiger partial charge >= 0.3 is 0 Å². The Morgan fingerprint density at radius 2 is 1.79 bits per heavy atom. The van der Waals surface area contributed by atoms with Crippen LogP contribution in [-0.4, -0.2) is 77.0 Å². The van der Waals surface area contributed by atoms with Crippen molar-refractivity contribution in [3.63, 3.8) is 0 Å². The smallest absolute Gasteiger partial charge is 0.253 e. The molecule has 2 amide bonds. The Balaban J connectivity index is 1.48. The molecule has 130 valence electrons. The summed E-state index contributed by atoms with van der Waals surface area (Å²) in [6.07, 6.45) is 0.541. The average molecular weight is 349 g/mol. The number of thioether (sulfide) groups is 1. The Kier molecular flexibility index (Phi) is 5.63. The van der Waals surface area contributed by atoms with Gasteiger partial charge in [-0.3, -0.25) is 9.59 Å². The number of phenols is 1. The first kappa shape index (κ1) is 17.1. The fraction of sp³-hybridized carbons (Fsp3) is 0.529. The van der Waals surface area contributed by atoms with Gasteiger partial charge in [-0.2, -0.15) is 11.8 Å². The second kappa shape index (κ2) is 7.90. The summed E-state index contributed by atoms with van der Waals surface area (Å²) in [5.74, 6) is 2.38. The maximum absolute atomic E-state index is 12.4. The van der Waals surface area contributed by atoms with E-state index in [4.69, 9.17) is 0 Å². The molecule has 0 saturated carbocycles. The number of piperazine rings is 1. The van der Waals surface area contributed by atoms with Crippen molar-refractivity contribution in [2.45, 2.75) is 12.5 Å². The summed E-state index contributed by atoms with van der Waals surface area (Å²) in [4.78, 5) is 28.5. The van der Waals surface area contributed by atoms with E-state index in [9.17, 15) is 14.7 Å². The Morgan fingerprint density at radius 1 is 1.12 bits per heavy atom. The van der Waals surface area contributed by atoms with Gasteiger partial charge in [-0.1, -0.05) is 0 Å². The number of carbonyl (C=O) groups is 2. The molecule has 0 radical (unpaired) electrons. The molecule has 2 fully saturated rings. The first-order valence-electron chi connectivity index (χ1n) is 8.30. The van der Waals surface area contributed by atoms with Gasteiger partial charge < -0.3 is 20.2 Å². The molecule has 2 aliphatic rings. The summed E-state index contributed by atoms with van der Waals surface area (Å²) >= 11 is 1.89. The zero-order valence-electron chi connectivity index (χ0n) is 13.6. The highest BCUT2D eigenvalue weighted by Crippen LogP contribution is 2.15. The number of aromatic hydroxyl groups is 1. The molecule has 2 aliphatic heterocycles. The van der Waals surface area contributed by atoms with Crippen LogP contribution in [0.15, 0.2) is 24.3 Å². The number of nitrogens with zero attached hydrogens (tertiary/aromatic N) is 2. The van der Waals surface area contributed by atoms with E-state index in [1.54, 1.807) is 17.0 Å². The molecule has 1 unspecified atom stereocenters. The first-order chi connectivity index (χ1) is 11.6. The van der Waals surface area contributed by atoms with Crippen LogP contribution in [0.4, 0.5) is 0 Å². The van der Waals surface area contributed by atoms with Crippen molar-refractivity contribution in [2.75, 3.05) is 44.2 Å². The predicted molar refractivity (Wildman–Crippen MR) is 94.3 cm³/mol. The molecular weight excluding hydrogens is 326 g/mol.